The molecule has 15 nitrogen and oxygen atoms in total. The van der Waals surface area contributed by atoms with Gasteiger partial charge in [0.05, 0.1) is 23.8 Å². The van der Waals surface area contributed by atoms with E-state index in [0.29, 0.717) is 5.56 Å². The van der Waals surface area contributed by atoms with E-state index in [1.807, 2.05) is 6.07 Å². The molecular weight excluding hydrogens is 699 g/mol. The molecule has 0 radical (unpaired) electrons. The first-order chi connectivity index (χ1) is 23.2. The van der Waals surface area contributed by atoms with Crippen LogP contribution in [0.4, 0.5) is 13.2 Å². The fraction of sp³-hybridized carbons (Fsp3) is 0.452. The number of benzene rings is 2. The fourth-order valence-corrected chi connectivity index (χ4v) is 5.44. The van der Waals surface area contributed by atoms with Crippen molar-refractivity contribution in [2.45, 2.75) is 76.8 Å². The first-order valence-corrected chi connectivity index (χ1v) is 16.0. The lowest BCUT2D eigenvalue weighted by molar-refractivity contribution is -0.360. The predicted octanol–water partition coefficient (Wildman–Crippen LogP) is 2.68. The van der Waals surface area contributed by atoms with Crippen molar-refractivity contribution < 1.29 is 78.5 Å². The fourth-order valence-electron chi connectivity index (χ4n) is 4.98. The molecule has 272 valence electrons. The molecule has 1 heterocycles. The summed E-state index contributed by atoms with van der Waals surface area (Å²) in [5.41, 5.74) is -5.51. The van der Waals surface area contributed by atoms with Gasteiger partial charge in [-0.1, -0.05) is 12.1 Å². The Hall–Kier alpha value is -4.93. The summed E-state index contributed by atoms with van der Waals surface area (Å²) in [6.45, 7) is 4.92. The molecule has 1 fully saturated rings. The molecule has 0 aliphatic carbocycles. The highest BCUT2D eigenvalue weighted by molar-refractivity contribution is 7.88. The molecule has 0 spiro atoms. The first kappa shape index (κ1) is 39.5. The molecule has 50 heavy (non-hydrogen) atoms. The maximum absolute atomic E-state index is 12.8. The molecule has 19 heteroatoms. The number of ether oxygens (including phenoxy) is 6. The summed E-state index contributed by atoms with van der Waals surface area (Å²) in [4.78, 5) is 48.5. The molecule has 1 aliphatic heterocycles. The zero-order chi connectivity index (χ0) is 37.6. The van der Waals surface area contributed by atoms with Gasteiger partial charge in [0, 0.05) is 27.7 Å². The lowest BCUT2D eigenvalue weighted by atomic mass is 9.85. The van der Waals surface area contributed by atoms with Crippen LogP contribution in [0, 0.1) is 11.3 Å². The number of alkyl halides is 3. The van der Waals surface area contributed by atoms with Crippen LogP contribution in [0.25, 0.3) is 0 Å². The third-order valence-electron chi connectivity index (χ3n) is 6.87. The molecule has 1 saturated heterocycles. The number of rotatable bonds is 12. The minimum atomic E-state index is -5.94. The summed E-state index contributed by atoms with van der Waals surface area (Å²) in [6, 6.07) is 8.76. The van der Waals surface area contributed by atoms with E-state index in [0.717, 1.165) is 39.8 Å². The van der Waals surface area contributed by atoms with Crippen LogP contribution < -0.4 is 8.92 Å². The number of hydrogen-bond donors (Lipinski definition) is 1. The summed E-state index contributed by atoms with van der Waals surface area (Å²) in [6.07, 6.45) is -7.07. The van der Waals surface area contributed by atoms with E-state index < -0.39 is 82.1 Å². The van der Waals surface area contributed by atoms with E-state index in [2.05, 4.69) is 4.18 Å². The monoisotopic (exact) mass is 731 g/mol. The average molecular weight is 732 g/mol. The van der Waals surface area contributed by atoms with Gasteiger partial charge in [0.25, 0.3) is 0 Å². The van der Waals surface area contributed by atoms with Crippen LogP contribution >= 0.6 is 0 Å². The quantitative estimate of drug-likeness (QED) is 0.144. The lowest BCUT2D eigenvalue weighted by Gasteiger charge is -2.49. The molecule has 0 unspecified atom stereocenters. The molecule has 0 aromatic heterocycles. The van der Waals surface area contributed by atoms with E-state index in [1.165, 1.54) is 24.3 Å². The Labute approximate surface area is 283 Å². The maximum atomic E-state index is 12.8. The Morgan fingerprint density at radius 1 is 0.940 bits per heavy atom. The molecule has 2 aromatic rings. The van der Waals surface area contributed by atoms with Gasteiger partial charge < -0.3 is 37.7 Å². The van der Waals surface area contributed by atoms with E-state index in [-0.39, 0.29) is 35.5 Å². The summed E-state index contributed by atoms with van der Waals surface area (Å²) in [5.74, 6) is -7.31. The summed E-state index contributed by atoms with van der Waals surface area (Å²) in [7, 11) is -5.94. The van der Waals surface area contributed by atoms with Gasteiger partial charge in [-0.25, -0.2) is 0 Å². The van der Waals surface area contributed by atoms with Crippen molar-refractivity contribution >= 4 is 34.0 Å². The highest BCUT2D eigenvalue weighted by Gasteiger charge is 2.61. The summed E-state index contributed by atoms with van der Waals surface area (Å²) < 4.78 is 98.2. The van der Waals surface area contributed by atoms with Crippen molar-refractivity contribution in [1.29, 1.82) is 5.26 Å². The van der Waals surface area contributed by atoms with Gasteiger partial charge in [-0.2, -0.15) is 26.9 Å². The van der Waals surface area contributed by atoms with Crippen molar-refractivity contribution in [2.24, 2.45) is 0 Å². The zero-order valence-corrected chi connectivity index (χ0v) is 28.0. The van der Waals surface area contributed by atoms with Gasteiger partial charge in [-0.3, -0.25) is 19.2 Å². The SMILES string of the molecule is CCOc1cc(C#N)c(Cc2ccc(OS(=O)(=O)C(F)(F)F)cc2)cc1[C@]1(O)O[C@H](COC(C)=O)[C@@H](OC(C)=O)[C@H](OC(C)=O)[C@H]1OC(C)=O. The second kappa shape index (κ2) is 15.7. The van der Waals surface area contributed by atoms with Crippen LogP contribution in [0.15, 0.2) is 36.4 Å². The molecule has 2 aromatic carbocycles. The van der Waals surface area contributed by atoms with Gasteiger partial charge in [-0.15, -0.1) is 0 Å². The van der Waals surface area contributed by atoms with Gasteiger partial charge in [0.15, 0.2) is 12.2 Å². The molecule has 1 N–H and O–H groups in total. The second-order valence-electron chi connectivity index (χ2n) is 10.7. The summed E-state index contributed by atoms with van der Waals surface area (Å²) in [5, 5.41) is 22.4. The standard InChI is InChI=1S/C31H32F3NO14S/c1-6-43-25-13-22(14-35)21(11-20-7-9-23(10-8-20)49-50(41,42)31(32,33)34)12-24(25)30(40)29(47-19(5)39)28(46-18(4)38)27(45-17(3)37)26(48-30)15-44-16(2)36/h7-10,12-13,26-29,40H,6,11,15H2,1-5H3/t26-,27-,28+,29-,30+/m1/s1. The maximum Gasteiger partial charge on any atom is 0.534 e. The van der Waals surface area contributed by atoms with E-state index in [9.17, 15) is 51.1 Å². The minimum Gasteiger partial charge on any atom is -0.493 e. The Balaban J connectivity index is 2.22. The van der Waals surface area contributed by atoms with Gasteiger partial charge in [0.1, 0.15) is 24.2 Å². The van der Waals surface area contributed by atoms with Crippen LogP contribution in [0.5, 0.6) is 11.5 Å². The minimum absolute atomic E-state index is 0.0218. The highest BCUT2D eigenvalue weighted by Crippen LogP contribution is 2.45. The van der Waals surface area contributed by atoms with Crippen molar-refractivity contribution in [1.82, 2.24) is 0 Å². The molecule has 0 amide bonds. The largest absolute Gasteiger partial charge is 0.534 e. The molecule has 0 bridgehead atoms. The van der Waals surface area contributed by atoms with Crippen molar-refractivity contribution in [2.75, 3.05) is 13.2 Å². The number of hydrogen-bond acceptors (Lipinski definition) is 15. The molecule has 3 rings (SSSR count). The van der Waals surface area contributed by atoms with Crippen LogP contribution in [-0.2, 0) is 65.2 Å². The number of aliphatic hydroxyl groups is 1. The Kier molecular flexibility index (Phi) is 12.4. The van der Waals surface area contributed by atoms with Crippen LogP contribution in [0.2, 0.25) is 0 Å². The van der Waals surface area contributed by atoms with Crippen molar-refractivity contribution in [3.63, 3.8) is 0 Å². The first-order valence-electron chi connectivity index (χ1n) is 14.6. The van der Waals surface area contributed by atoms with E-state index >= 15 is 0 Å². The smallest absolute Gasteiger partial charge is 0.493 e. The number of halogens is 3. The predicted molar refractivity (Wildman–Crippen MR) is 159 cm³/mol. The van der Waals surface area contributed by atoms with Crippen LogP contribution in [0.1, 0.15) is 56.9 Å². The van der Waals surface area contributed by atoms with Crippen LogP contribution in [0.3, 0.4) is 0 Å². The zero-order valence-electron chi connectivity index (χ0n) is 27.1. The summed E-state index contributed by atoms with van der Waals surface area (Å²) >= 11 is 0. The highest BCUT2D eigenvalue weighted by atomic mass is 32.2. The third-order valence-corrected chi connectivity index (χ3v) is 7.85. The molecule has 1 aliphatic rings. The number of nitriles is 1. The van der Waals surface area contributed by atoms with Gasteiger partial charge in [0.2, 0.25) is 11.9 Å². The van der Waals surface area contributed by atoms with Crippen molar-refractivity contribution in [3.05, 3.63) is 58.7 Å². The normalized spacial score (nSPS) is 22.0. The molecule has 5 atom stereocenters. The third kappa shape index (κ3) is 9.40. The Morgan fingerprint density at radius 3 is 2.02 bits per heavy atom. The Bertz CT molecular complexity index is 1760. The van der Waals surface area contributed by atoms with Gasteiger partial charge in [-0.05, 0) is 48.7 Å². The van der Waals surface area contributed by atoms with E-state index in [4.69, 9.17) is 28.4 Å². The number of nitrogens with zero attached hydrogens (tertiary/aromatic N) is 1. The van der Waals surface area contributed by atoms with Gasteiger partial charge >= 0.3 is 39.5 Å². The average Bonchev–Trinajstić information content (AvgIpc) is 2.99. The number of esters is 4. The molecule has 0 saturated carbocycles. The number of carbonyl (C=O) groups excluding carboxylic acids is 4. The topological polar surface area (TPSA) is 211 Å². The van der Waals surface area contributed by atoms with Crippen LogP contribution in [-0.4, -0.2) is 80.5 Å². The van der Waals surface area contributed by atoms with Crippen molar-refractivity contribution in [3.8, 4) is 17.6 Å². The second-order valence-corrected chi connectivity index (χ2v) is 12.2. The number of carbonyl (C=O) groups is 4. The lowest BCUT2D eigenvalue weighted by Crippen LogP contribution is -2.66. The van der Waals surface area contributed by atoms with E-state index in [1.54, 1.807) is 6.92 Å². The Morgan fingerprint density at radius 2 is 1.52 bits per heavy atom. The molecular formula is C31H32F3NO14S.